The smallest absolute Gasteiger partial charge is 0.242 e. The van der Waals surface area contributed by atoms with Gasteiger partial charge in [-0.1, -0.05) is 33.1 Å². The van der Waals surface area contributed by atoms with E-state index in [1.807, 2.05) is 0 Å². The molecule has 4 heteroatoms. The highest BCUT2D eigenvalue weighted by Gasteiger charge is 2.14. The summed E-state index contributed by atoms with van der Waals surface area (Å²) < 4.78 is 0. The number of hydrogen-bond donors (Lipinski definition) is 2. The van der Waals surface area contributed by atoms with Gasteiger partial charge in [-0.15, -0.1) is 0 Å². The van der Waals surface area contributed by atoms with Gasteiger partial charge in [-0.3, -0.25) is 9.59 Å². The van der Waals surface area contributed by atoms with Crippen molar-refractivity contribution < 1.29 is 9.59 Å². The van der Waals surface area contributed by atoms with Crippen LogP contribution in [0.4, 0.5) is 0 Å². The van der Waals surface area contributed by atoms with E-state index in [0.717, 1.165) is 12.8 Å². The van der Waals surface area contributed by atoms with Crippen molar-refractivity contribution in [2.75, 3.05) is 6.54 Å². The minimum Gasteiger partial charge on any atom is -0.354 e. The van der Waals surface area contributed by atoms with Crippen LogP contribution in [-0.4, -0.2) is 24.4 Å². The molecule has 0 fully saturated rings. The molecule has 0 radical (unpaired) electrons. The molecule has 2 amide bonds. The molecular formula is C13H26N2O2. The normalized spacial score (nSPS) is 13.9. The second-order valence-electron chi connectivity index (χ2n) is 4.58. The third-order valence-corrected chi connectivity index (χ3v) is 2.92. The summed E-state index contributed by atoms with van der Waals surface area (Å²) >= 11 is 0. The predicted molar refractivity (Wildman–Crippen MR) is 69.6 cm³/mol. The highest BCUT2D eigenvalue weighted by molar-refractivity contribution is 5.86. The Kier molecular flexibility index (Phi) is 8.46. The maximum atomic E-state index is 11.6. The second kappa shape index (κ2) is 9.02. The number of amides is 2. The lowest BCUT2D eigenvalue weighted by molar-refractivity contribution is -0.127. The zero-order valence-electron chi connectivity index (χ0n) is 11.5. The fraction of sp³-hybridized carbons (Fsp3) is 0.846. The molecule has 17 heavy (non-hydrogen) atoms. The maximum Gasteiger partial charge on any atom is 0.242 e. The third-order valence-electron chi connectivity index (χ3n) is 2.92. The van der Waals surface area contributed by atoms with E-state index in [0.29, 0.717) is 12.5 Å². The molecule has 0 saturated heterocycles. The highest BCUT2D eigenvalue weighted by Crippen LogP contribution is 2.11. The van der Waals surface area contributed by atoms with Crippen LogP contribution in [0.3, 0.4) is 0 Å². The summed E-state index contributed by atoms with van der Waals surface area (Å²) in [5.74, 6) is 0.268. The first-order valence-corrected chi connectivity index (χ1v) is 6.56. The van der Waals surface area contributed by atoms with E-state index in [9.17, 15) is 9.59 Å². The molecule has 0 aliphatic heterocycles. The first-order valence-electron chi connectivity index (χ1n) is 6.56. The summed E-state index contributed by atoms with van der Waals surface area (Å²) in [7, 11) is 0. The van der Waals surface area contributed by atoms with Crippen molar-refractivity contribution >= 4 is 11.8 Å². The van der Waals surface area contributed by atoms with Gasteiger partial charge in [-0.2, -0.15) is 0 Å². The molecule has 4 nitrogen and oxygen atoms in total. The Balaban J connectivity index is 3.90. The minimum absolute atomic E-state index is 0.102. The first kappa shape index (κ1) is 15.9. The summed E-state index contributed by atoms with van der Waals surface area (Å²) in [6, 6.07) is -0.448. The molecule has 2 N–H and O–H groups in total. The van der Waals surface area contributed by atoms with E-state index in [2.05, 4.69) is 24.5 Å². The maximum absolute atomic E-state index is 11.6. The third kappa shape index (κ3) is 7.77. The van der Waals surface area contributed by atoms with Crippen LogP contribution >= 0.6 is 0 Å². The zero-order valence-corrected chi connectivity index (χ0v) is 11.5. The van der Waals surface area contributed by atoms with Gasteiger partial charge < -0.3 is 10.6 Å². The molecule has 0 heterocycles. The largest absolute Gasteiger partial charge is 0.354 e. The summed E-state index contributed by atoms with van der Waals surface area (Å²) in [6.07, 6.45) is 4.62. The number of carbonyl (C=O) groups is 2. The van der Waals surface area contributed by atoms with Gasteiger partial charge in [-0.25, -0.2) is 0 Å². The summed E-state index contributed by atoms with van der Waals surface area (Å²) in [5.41, 5.74) is 0. The van der Waals surface area contributed by atoms with Crippen molar-refractivity contribution in [2.24, 2.45) is 5.92 Å². The minimum atomic E-state index is -0.448. The lowest BCUT2D eigenvalue weighted by Gasteiger charge is -2.18. The molecule has 0 aliphatic rings. The Hall–Kier alpha value is -1.06. The molecule has 0 saturated carbocycles. The summed E-state index contributed by atoms with van der Waals surface area (Å²) in [5, 5.41) is 5.47. The summed E-state index contributed by atoms with van der Waals surface area (Å²) in [6.45, 7) is 8.14. The van der Waals surface area contributed by atoms with Crippen molar-refractivity contribution in [3.63, 3.8) is 0 Å². The van der Waals surface area contributed by atoms with Crippen molar-refractivity contribution in [1.29, 1.82) is 0 Å². The van der Waals surface area contributed by atoms with Gasteiger partial charge in [0.1, 0.15) is 6.04 Å². The highest BCUT2D eigenvalue weighted by atomic mass is 16.2. The van der Waals surface area contributed by atoms with Gasteiger partial charge in [0.15, 0.2) is 0 Å². The lowest BCUT2D eigenvalue weighted by atomic mass is 9.99. The van der Waals surface area contributed by atoms with Crippen molar-refractivity contribution in [2.45, 2.75) is 59.4 Å². The predicted octanol–water partition coefficient (Wildman–Crippen LogP) is 1.84. The zero-order chi connectivity index (χ0) is 13.3. The van der Waals surface area contributed by atoms with Crippen molar-refractivity contribution in [3.8, 4) is 0 Å². The first-order chi connectivity index (χ1) is 8.01. The van der Waals surface area contributed by atoms with Crippen LogP contribution < -0.4 is 10.6 Å². The molecule has 0 aromatic carbocycles. The molecule has 0 aromatic rings. The van der Waals surface area contributed by atoms with Gasteiger partial charge >= 0.3 is 0 Å². The van der Waals surface area contributed by atoms with E-state index < -0.39 is 6.04 Å². The number of carbonyl (C=O) groups excluding carboxylic acids is 2. The summed E-state index contributed by atoms with van der Waals surface area (Å²) in [4.78, 5) is 22.5. The van der Waals surface area contributed by atoms with Crippen LogP contribution in [0.1, 0.15) is 53.4 Å². The van der Waals surface area contributed by atoms with E-state index in [1.165, 1.54) is 19.8 Å². The Morgan fingerprint density at radius 2 is 1.88 bits per heavy atom. The van der Waals surface area contributed by atoms with Gasteiger partial charge in [0.25, 0.3) is 0 Å². The van der Waals surface area contributed by atoms with Gasteiger partial charge in [-0.05, 0) is 19.3 Å². The Bertz CT molecular complexity index is 242. The van der Waals surface area contributed by atoms with Crippen LogP contribution in [0.5, 0.6) is 0 Å². The number of nitrogens with one attached hydrogen (secondary N) is 2. The fourth-order valence-electron chi connectivity index (χ4n) is 1.71. The fourth-order valence-corrected chi connectivity index (χ4v) is 1.71. The molecule has 100 valence electrons. The molecule has 0 rings (SSSR count). The van der Waals surface area contributed by atoms with Crippen LogP contribution in [0.15, 0.2) is 0 Å². The van der Waals surface area contributed by atoms with E-state index >= 15 is 0 Å². The molecule has 1 unspecified atom stereocenters. The SMILES string of the molecule is CCCCC(CC)CNC(=O)[C@H](C)NC(C)=O. The molecule has 0 aromatic heterocycles. The number of hydrogen-bond acceptors (Lipinski definition) is 2. The second-order valence-corrected chi connectivity index (χ2v) is 4.58. The molecule has 2 atom stereocenters. The molecule has 0 aliphatic carbocycles. The van der Waals surface area contributed by atoms with Crippen LogP contribution in [0, 0.1) is 5.92 Å². The van der Waals surface area contributed by atoms with Gasteiger partial charge in [0.05, 0.1) is 0 Å². The Morgan fingerprint density at radius 1 is 1.24 bits per heavy atom. The quantitative estimate of drug-likeness (QED) is 0.682. The molecule has 0 bridgehead atoms. The van der Waals surface area contributed by atoms with Crippen molar-refractivity contribution in [1.82, 2.24) is 10.6 Å². The molecular weight excluding hydrogens is 216 g/mol. The van der Waals surface area contributed by atoms with E-state index in [1.54, 1.807) is 6.92 Å². The number of unbranched alkanes of at least 4 members (excludes halogenated alkanes) is 1. The van der Waals surface area contributed by atoms with Crippen LogP contribution in [0.2, 0.25) is 0 Å². The van der Waals surface area contributed by atoms with Gasteiger partial charge in [0, 0.05) is 13.5 Å². The topological polar surface area (TPSA) is 58.2 Å². The van der Waals surface area contributed by atoms with Crippen LogP contribution in [-0.2, 0) is 9.59 Å². The van der Waals surface area contributed by atoms with Gasteiger partial charge in [0.2, 0.25) is 11.8 Å². The Labute approximate surface area is 105 Å². The Morgan fingerprint density at radius 3 is 2.35 bits per heavy atom. The van der Waals surface area contributed by atoms with Crippen LogP contribution in [0.25, 0.3) is 0 Å². The molecule has 0 spiro atoms. The van der Waals surface area contributed by atoms with E-state index in [-0.39, 0.29) is 11.8 Å². The van der Waals surface area contributed by atoms with E-state index in [4.69, 9.17) is 0 Å². The average molecular weight is 242 g/mol. The number of rotatable bonds is 8. The van der Waals surface area contributed by atoms with Crippen molar-refractivity contribution in [3.05, 3.63) is 0 Å². The standard InChI is InChI=1S/C13H26N2O2/c1-5-7-8-12(6-2)9-14-13(17)10(3)15-11(4)16/h10,12H,5-9H2,1-4H3,(H,14,17)(H,15,16)/t10-,12?/m0/s1. The lowest BCUT2D eigenvalue weighted by Crippen LogP contribution is -2.45. The monoisotopic (exact) mass is 242 g/mol. The average Bonchev–Trinajstić information content (AvgIpc) is 2.28.